The quantitative estimate of drug-likeness (QED) is 0.618. The molecule has 0 aliphatic carbocycles. The zero-order chi connectivity index (χ0) is 16.8. The van der Waals surface area contributed by atoms with Crippen LogP contribution in [-0.2, 0) is 4.79 Å². The molecular weight excluding hydrogens is 314 g/mol. The van der Waals surface area contributed by atoms with Crippen LogP contribution >= 0.6 is 11.8 Å². The van der Waals surface area contributed by atoms with Gasteiger partial charge in [-0.15, -0.1) is 0 Å². The van der Waals surface area contributed by atoms with Crippen molar-refractivity contribution in [2.24, 2.45) is 10.8 Å². The van der Waals surface area contributed by atoms with Gasteiger partial charge in [-0.05, 0) is 37.5 Å². The lowest BCUT2D eigenvalue weighted by molar-refractivity contribution is -0.122. The number of nitrogens with two attached hydrogens (primary N) is 1. The second-order valence-corrected chi connectivity index (χ2v) is 6.13. The smallest absolute Gasteiger partial charge is 0.256 e. The summed E-state index contributed by atoms with van der Waals surface area (Å²) in [5.41, 5.74) is 9.62. The van der Waals surface area contributed by atoms with E-state index in [1.165, 1.54) is 12.5 Å². The van der Waals surface area contributed by atoms with Gasteiger partial charge in [-0.3, -0.25) is 9.59 Å². The van der Waals surface area contributed by atoms with Crippen LogP contribution in [0.25, 0.3) is 11.0 Å². The molecule has 23 heavy (non-hydrogen) atoms. The number of carbonyl (C=O) groups is 1. The second kappa shape index (κ2) is 7.94. The summed E-state index contributed by atoms with van der Waals surface area (Å²) in [6.07, 6.45) is 5.11. The summed E-state index contributed by atoms with van der Waals surface area (Å²) in [6, 6.07) is 4.76. The van der Waals surface area contributed by atoms with Gasteiger partial charge in [0.25, 0.3) is 5.91 Å². The SMILES string of the molecule is CSCCC(N)C(=O)NN=Cc1coc2ccc(C)cc2c1=O. The Labute approximate surface area is 138 Å². The van der Waals surface area contributed by atoms with Gasteiger partial charge in [0.05, 0.1) is 23.2 Å². The number of nitrogens with zero attached hydrogens (tertiary/aromatic N) is 1. The molecule has 1 aromatic heterocycles. The number of aryl methyl sites for hydroxylation is 1. The van der Waals surface area contributed by atoms with Gasteiger partial charge in [0.2, 0.25) is 5.43 Å². The van der Waals surface area contributed by atoms with E-state index in [-0.39, 0.29) is 16.9 Å². The van der Waals surface area contributed by atoms with Crippen molar-refractivity contribution in [3.63, 3.8) is 0 Å². The van der Waals surface area contributed by atoms with Crippen molar-refractivity contribution in [1.29, 1.82) is 0 Å². The number of hydrazone groups is 1. The van der Waals surface area contributed by atoms with E-state index in [1.807, 2.05) is 19.2 Å². The maximum absolute atomic E-state index is 12.3. The first-order valence-corrected chi connectivity index (χ1v) is 8.52. The van der Waals surface area contributed by atoms with Gasteiger partial charge in [-0.2, -0.15) is 16.9 Å². The Balaban J connectivity index is 2.11. The Morgan fingerprint density at radius 1 is 1.52 bits per heavy atom. The van der Waals surface area contributed by atoms with E-state index in [1.54, 1.807) is 23.9 Å². The maximum Gasteiger partial charge on any atom is 0.256 e. The van der Waals surface area contributed by atoms with E-state index in [0.717, 1.165) is 11.3 Å². The van der Waals surface area contributed by atoms with Crippen LogP contribution in [0.5, 0.6) is 0 Å². The third kappa shape index (κ3) is 4.43. The van der Waals surface area contributed by atoms with Crippen LogP contribution in [0.1, 0.15) is 17.5 Å². The molecule has 0 saturated carbocycles. The number of amides is 1. The Kier molecular flexibility index (Phi) is 5.95. The van der Waals surface area contributed by atoms with Crippen LogP contribution in [0.3, 0.4) is 0 Å². The molecule has 2 rings (SSSR count). The zero-order valence-corrected chi connectivity index (χ0v) is 13.9. The standard InChI is InChI=1S/C16H19N3O3S/c1-10-3-4-14-12(7-10)15(20)11(9-22-14)8-18-19-16(21)13(17)5-6-23-2/h3-4,7-9,13H,5-6,17H2,1-2H3,(H,19,21). The molecule has 0 radical (unpaired) electrons. The first-order valence-electron chi connectivity index (χ1n) is 7.12. The molecule has 0 bridgehead atoms. The number of thioether (sulfide) groups is 1. The predicted molar refractivity (Wildman–Crippen MR) is 93.9 cm³/mol. The molecule has 1 heterocycles. The lowest BCUT2D eigenvalue weighted by atomic mass is 10.1. The van der Waals surface area contributed by atoms with Crippen LogP contribution in [0.2, 0.25) is 0 Å². The topological polar surface area (TPSA) is 97.7 Å². The number of nitrogens with one attached hydrogen (secondary N) is 1. The average molecular weight is 333 g/mol. The van der Waals surface area contributed by atoms with Gasteiger partial charge < -0.3 is 10.2 Å². The molecule has 0 spiro atoms. The molecule has 1 amide bonds. The van der Waals surface area contributed by atoms with E-state index in [9.17, 15) is 9.59 Å². The first kappa shape index (κ1) is 17.2. The Bertz CT molecular complexity index is 786. The lowest BCUT2D eigenvalue weighted by Crippen LogP contribution is -2.38. The van der Waals surface area contributed by atoms with Gasteiger partial charge in [-0.25, -0.2) is 5.43 Å². The number of carbonyl (C=O) groups excluding carboxylic acids is 1. The van der Waals surface area contributed by atoms with Crippen LogP contribution in [0, 0.1) is 6.92 Å². The van der Waals surface area contributed by atoms with Crippen LogP contribution in [0.15, 0.2) is 38.8 Å². The van der Waals surface area contributed by atoms with Crippen molar-refractivity contribution < 1.29 is 9.21 Å². The third-order valence-corrected chi connectivity index (χ3v) is 3.95. The fourth-order valence-electron chi connectivity index (χ4n) is 1.97. The molecule has 3 N–H and O–H groups in total. The average Bonchev–Trinajstić information content (AvgIpc) is 2.55. The number of hydrogen-bond acceptors (Lipinski definition) is 6. The number of hydrogen-bond donors (Lipinski definition) is 2. The molecule has 0 fully saturated rings. The van der Waals surface area contributed by atoms with E-state index >= 15 is 0 Å². The highest BCUT2D eigenvalue weighted by atomic mass is 32.2. The minimum Gasteiger partial charge on any atom is -0.463 e. The van der Waals surface area contributed by atoms with Crippen molar-refractivity contribution in [2.75, 3.05) is 12.0 Å². The Hall–Kier alpha value is -2.12. The molecule has 6 nitrogen and oxygen atoms in total. The number of fused-ring (bicyclic) bond motifs is 1. The Morgan fingerprint density at radius 2 is 2.30 bits per heavy atom. The minimum absolute atomic E-state index is 0.195. The molecule has 0 aliphatic rings. The third-order valence-electron chi connectivity index (χ3n) is 3.30. The van der Waals surface area contributed by atoms with Crippen molar-refractivity contribution in [3.8, 4) is 0 Å². The molecule has 1 atom stereocenters. The summed E-state index contributed by atoms with van der Waals surface area (Å²) in [4.78, 5) is 24.1. The molecule has 2 aromatic rings. The summed E-state index contributed by atoms with van der Waals surface area (Å²) in [5.74, 6) is 0.419. The lowest BCUT2D eigenvalue weighted by Gasteiger charge is -2.07. The normalized spacial score (nSPS) is 12.7. The Morgan fingerprint density at radius 3 is 3.04 bits per heavy atom. The molecule has 1 aromatic carbocycles. The van der Waals surface area contributed by atoms with Crippen molar-refractivity contribution >= 4 is 34.9 Å². The van der Waals surface area contributed by atoms with E-state index in [2.05, 4.69) is 10.5 Å². The summed E-state index contributed by atoms with van der Waals surface area (Å²) in [6.45, 7) is 1.90. The molecule has 0 aliphatic heterocycles. The summed E-state index contributed by atoms with van der Waals surface area (Å²) < 4.78 is 5.41. The predicted octanol–water partition coefficient (Wildman–Crippen LogP) is 1.63. The van der Waals surface area contributed by atoms with E-state index in [4.69, 9.17) is 10.2 Å². The molecule has 7 heteroatoms. The highest BCUT2D eigenvalue weighted by molar-refractivity contribution is 7.98. The summed E-state index contributed by atoms with van der Waals surface area (Å²) >= 11 is 1.62. The van der Waals surface area contributed by atoms with Gasteiger partial charge in [0, 0.05) is 0 Å². The van der Waals surface area contributed by atoms with Gasteiger partial charge in [0.15, 0.2) is 0 Å². The largest absolute Gasteiger partial charge is 0.463 e. The van der Waals surface area contributed by atoms with Gasteiger partial charge >= 0.3 is 0 Å². The number of benzene rings is 1. The van der Waals surface area contributed by atoms with Gasteiger partial charge in [-0.1, -0.05) is 11.6 Å². The van der Waals surface area contributed by atoms with Crippen LogP contribution in [0.4, 0.5) is 0 Å². The summed E-state index contributed by atoms with van der Waals surface area (Å²) in [7, 11) is 0. The van der Waals surface area contributed by atoms with Crippen molar-refractivity contribution in [2.45, 2.75) is 19.4 Å². The van der Waals surface area contributed by atoms with Crippen molar-refractivity contribution in [1.82, 2.24) is 5.43 Å². The van der Waals surface area contributed by atoms with Crippen LogP contribution in [-0.4, -0.2) is 30.2 Å². The highest BCUT2D eigenvalue weighted by Crippen LogP contribution is 2.12. The summed E-state index contributed by atoms with van der Waals surface area (Å²) in [5, 5.41) is 4.27. The molecule has 0 saturated heterocycles. The second-order valence-electron chi connectivity index (χ2n) is 5.14. The van der Waals surface area contributed by atoms with Gasteiger partial charge in [0.1, 0.15) is 11.8 Å². The molecular formula is C16H19N3O3S. The number of rotatable bonds is 6. The fraction of sp³-hybridized carbons (Fsp3) is 0.312. The van der Waals surface area contributed by atoms with Crippen LogP contribution < -0.4 is 16.6 Å². The zero-order valence-electron chi connectivity index (χ0n) is 13.0. The van der Waals surface area contributed by atoms with E-state index in [0.29, 0.717) is 17.4 Å². The first-order chi connectivity index (χ1) is 11.0. The fourth-order valence-corrected chi connectivity index (χ4v) is 2.46. The monoisotopic (exact) mass is 333 g/mol. The molecule has 122 valence electrons. The van der Waals surface area contributed by atoms with Crippen molar-refractivity contribution in [3.05, 3.63) is 45.8 Å². The minimum atomic E-state index is -0.615. The highest BCUT2D eigenvalue weighted by Gasteiger charge is 2.11. The maximum atomic E-state index is 12.3. The van der Waals surface area contributed by atoms with E-state index < -0.39 is 6.04 Å². The molecule has 1 unspecified atom stereocenters.